The van der Waals surface area contributed by atoms with Crippen LogP contribution in [-0.4, -0.2) is 28.1 Å². The number of likely N-dealkylation sites (tertiary alicyclic amines) is 1. The second-order valence-electron chi connectivity index (χ2n) is 5.36. The van der Waals surface area contributed by atoms with E-state index >= 15 is 0 Å². The molecule has 5 nitrogen and oxygen atoms in total. The number of aryl methyl sites for hydroxylation is 1. The van der Waals surface area contributed by atoms with Crippen LogP contribution < -0.4 is 0 Å². The van der Waals surface area contributed by atoms with Gasteiger partial charge in [-0.15, -0.1) is 0 Å². The third kappa shape index (κ3) is 3.41. The molecule has 1 saturated heterocycles. The van der Waals surface area contributed by atoms with Crippen LogP contribution in [0.3, 0.4) is 0 Å². The lowest BCUT2D eigenvalue weighted by Gasteiger charge is -2.30. The molecular weight excluding hydrogens is 278 g/mol. The molecule has 0 amide bonds. The van der Waals surface area contributed by atoms with Crippen LogP contribution in [0.2, 0.25) is 5.22 Å². The van der Waals surface area contributed by atoms with Crippen LogP contribution in [0.25, 0.3) is 0 Å². The summed E-state index contributed by atoms with van der Waals surface area (Å²) in [5.74, 6) is 3.05. The van der Waals surface area contributed by atoms with E-state index in [1.165, 1.54) is 0 Å². The summed E-state index contributed by atoms with van der Waals surface area (Å²) >= 11 is 5.79. The van der Waals surface area contributed by atoms with Crippen LogP contribution in [-0.2, 0) is 13.0 Å². The number of hydrogen-bond donors (Lipinski definition) is 0. The Hall–Kier alpha value is -1.33. The standard InChI is InChI=1S/C14H18ClN3O2/c1-10-16-14(17-20-10)8-11-4-6-18(7-5-11)9-12-2-3-13(15)19-12/h2-3,11H,4-9H2,1H3. The molecule has 2 aromatic rings. The van der Waals surface area contributed by atoms with Gasteiger partial charge in [-0.2, -0.15) is 4.98 Å². The second kappa shape index (κ2) is 5.97. The van der Waals surface area contributed by atoms with E-state index in [1.807, 2.05) is 13.0 Å². The Morgan fingerprint density at radius 2 is 2.15 bits per heavy atom. The van der Waals surface area contributed by atoms with Crippen LogP contribution in [0.1, 0.15) is 30.3 Å². The maximum atomic E-state index is 5.79. The van der Waals surface area contributed by atoms with Crippen molar-refractivity contribution in [2.75, 3.05) is 13.1 Å². The van der Waals surface area contributed by atoms with Crippen molar-refractivity contribution in [3.63, 3.8) is 0 Å². The number of rotatable bonds is 4. The largest absolute Gasteiger partial charge is 0.448 e. The van der Waals surface area contributed by atoms with Gasteiger partial charge >= 0.3 is 0 Å². The Balaban J connectivity index is 1.47. The first-order valence-corrected chi connectivity index (χ1v) is 7.32. The lowest BCUT2D eigenvalue weighted by molar-refractivity contribution is 0.165. The maximum absolute atomic E-state index is 5.79. The molecule has 3 heterocycles. The SMILES string of the molecule is Cc1nc(CC2CCN(Cc3ccc(Cl)o3)CC2)no1. The van der Waals surface area contributed by atoms with E-state index in [9.17, 15) is 0 Å². The van der Waals surface area contributed by atoms with E-state index in [4.69, 9.17) is 20.5 Å². The maximum Gasteiger partial charge on any atom is 0.223 e. The fourth-order valence-corrected chi connectivity index (χ4v) is 2.85. The zero-order chi connectivity index (χ0) is 13.9. The Labute approximate surface area is 122 Å². The predicted octanol–water partition coefficient (Wildman–Crippen LogP) is 3.08. The van der Waals surface area contributed by atoms with Gasteiger partial charge in [0.2, 0.25) is 5.89 Å². The summed E-state index contributed by atoms with van der Waals surface area (Å²) in [5, 5.41) is 4.43. The van der Waals surface area contributed by atoms with E-state index in [0.29, 0.717) is 17.0 Å². The van der Waals surface area contributed by atoms with Crippen molar-refractivity contribution in [1.82, 2.24) is 15.0 Å². The van der Waals surface area contributed by atoms with Gasteiger partial charge in [-0.05, 0) is 55.6 Å². The molecule has 0 N–H and O–H groups in total. The van der Waals surface area contributed by atoms with Gasteiger partial charge in [0.15, 0.2) is 11.0 Å². The average Bonchev–Trinajstić information content (AvgIpc) is 3.01. The molecule has 0 aromatic carbocycles. The fourth-order valence-electron chi connectivity index (χ4n) is 2.69. The first-order valence-electron chi connectivity index (χ1n) is 6.95. The molecule has 1 fully saturated rings. The van der Waals surface area contributed by atoms with E-state index < -0.39 is 0 Å². The van der Waals surface area contributed by atoms with Gasteiger partial charge in [0.05, 0.1) is 6.54 Å². The number of furan rings is 1. The van der Waals surface area contributed by atoms with Crippen LogP contribution in [0.4, 0.5) is 0 Å². The summed E-state index contributed by atoms with van der Waals surface area (Å²) in [7, 11) is 0. The molecule has 2 aromatic heterocycles. The number of piperidine rings is 1. The minimum absolute atomic E-state index is 0.461. The van der Waals surface area contributed by atoms with Crippen molar-refractivity contribution in [2.24, 2.45) is 5.92 Å². The van der Waals surface area contributed by atoms with Crippen molar-refractivity contribution in [3.8, 4) is 0 Å². The minimum atomic E-state index is 0.461. The van der Waals surface area contributed by atoms with Crippen molar-refractivity contribution >= 4 is 11.6 Å². The van der Waals surface area contributed by atoms with Crippen molar-refractivity contribution in [3.05, 3.63) is 34.8 Å². The zero-order valence-electron chi connectivity index (χ0n) is 11.5. The molecule has 0 atom stereocenters. The van der Waals surface area contributed by atoms with Gasteiger partial charge in [0, 0.05) is 13.3 Å². The van der Waals surface area contributed by atoms with Crippen LogP contribution >= 0.6 is 11.6 Å². The molecule has 0 bridgehead atoms. The molecular formula is C14H18ClN3O2. The Morgan fingerprint density at radius 1 is 1.35 bits per heavy atom. The number of halogens is 1. The molecule has 0 unspecified atom stereocenters. The molecule has 0 aliphatic carbocycles. The van der Waals surface area contributed by atoms with Crippen LogP contribution in [0.15, 0.2) is 21.1 Å². The van der Waals surface area contributed by atoms with Gasteiger partial charge in [0.1, 0.15) is 5.76 Å². The first kappa shape index (κ1) is 13.6. The highest BCUT2D eigenvalue weighted by Crippen LogP contribution is 2.23. The van der Waals surface area contributed by atoms with E-state index in [0.717, 1.165) is 50.5 Å². The molecule has 0 saturated carbocycles. The third-order valence-electron chi connectivity index (χ3n) is 3.76. The summed E-state index contributed by atoms with van der Waals surface area (Å²) in [6.07, 6.45) is 3.22. The Morgan fingerprint density at radius 3 is 2.75 bits per heavy atom. The van der Waals surface area contributed by atoms with E-state index in [-0.39, 0.29) is 0 Å². The summed E-state index contributed by atoms with van der Waals surface area (Å²) < 4.78 is 10.4. The minimum Gasteiger partial charge on any atom is -0.448 e. The van der Waals surface area contributed by atoms with Crippen molar-refractivity contribution < 1.29 is 8.94 Å². The van der Waals surface area contributed by atoms with Gasteiger partial charge in [-0.1, -0.05) is 5.16 Å². The predicted molar refractivity (Wildman–Crippen MR) is 74.5 cm³/mol. The molecule has 1 aliphatic heterocycles. The van der Waals surface area contributed by atoms with Gasteiger partial charge < -0.3 is 8.94 Å². The van der Waals surface area contributed by atoms with E-state index in [2.05, 4.69) is 15.0 Å². The smallest absolute Gasteiger partial charge is 0.223 e. The molecule has 0 radical (unpaired) electrons. The van der Waals surface area contributed by atoms with Crippen molar-refractivity contribution in [1.29, 1.82) is 0 Å². The Bertz CT molecular complexity index is 508. The highest BCUT2D eigenvalue weighted by atomic mass is 35.5. The highest BCUT2D eigenvalue weighted by molar-refractivity contribution is 6.28. The molecule has 0 spiro atoms. The first-order chi connectivity index (χ1) is 9.69. The molecule has 20 heavy (non-hydrogen) atoms. The molecule has 3 rings (SSSR count). The Kier molecular flexibility index (Phi) is 4.08. The highest BCUT2D eigenvalue weighted by Gasteiger charge is 2.21. The summed E-state index contributed by atoms with van der Waals surface area (Å²) in [4.78, 5) is 6.67. The third-order valence-corrected chi connectivity index (χ3v) is 3.96. The normalized spacial score (nSPS) is 17.7. The summed E-state index contributed by atoms with van der Waals surface area (Å²) in [6, 6.07) is 3.73. The van der Waals surface area contributed by atoms with Gasteiger partial charge in [-0.25, -0.2) is 0 Å². The number of aromatic nitrogens is 2. The lowest BCUT2D eigenvalue weighted by Crippen LogP contribution is -2.33. The number of hydrogen-bond acceptors (Lipinski definition) is 5. The number of nitrogens with zero attached hydrogens (tertiary/aromatic N) is 3. The van der Waals surface area contributed by atoms with Crippen molar-refractivity contribution in [2.45, 2.75) is 32.7 Å². The summed E-state index contributed by atoms with van der Waals surface area (Å²) in [6.45, 7) is 4.80. The fraction of sp³-hybridized carbons (Fsp3) is 0.571. The second-order valence-corrected chi connectivity index (χ2v) is 5.73. The molecule has 108 valence electrons. The average molecular weight is 296 g/mol. The quantitative estimate of drug-likeness (QED) is 0.867. The van der Waals surface area contributed by atoms with Gasteiger partial charge in [-0.3, -0.25) is 4.90 Å². The topological polar surface area (TPSA) is 55.3 Å². The summed E-state index contributed by atoms with van der Waals surface area (Å²) in [5.41, 5.74) is 0. The molecule has 6 heteroatoms. The monoisotopic (exact) mass is 295 g/mol. The zero-order valence-corrected chi connectivity index (χ0v) is 12.3. The lowest BCUT2D eigenvalue weighted by atomic mass is 9.93. The van der Waals surface area contributed by atoms with Crippen LogP contribution in [0, 0.1) is 12.8 Å². The molecule has 1 aliphatic rings. The van der Waals surface area contributed by atoms with E-state index in [1.54, 1.807) is 6.07 Å². The van der Waals surface area contributed by atoms with Gasteiger partial charge in [0.25, 0.3) is 0 Å². The van der Waals surface area contributed by atoms with Crippen LogP contribution in [0.5, 0.6) is 0 Å².